The molecule has 0 saturated carbocycles. The van der Waals surface area contributed by atoms with Gasteiger partial charge in [-0.25, -0.2) is 0 Å². The summed E-state index contributed by atoms with van der Waals surface area (Å²) in [4.78, 5) is 0. The number of nitrogens with one attached hydrogen (secondary N) is 1. The lowest BCUT2D eigenvalue weighted by molar-refractivity contribution is 0.402. The van der Waals surface area contributed by atoms with Gasteiger partial charge in [-0.3, -0.25) is 0 Å². The Hall–Kier alpha value is -1.80. The molecule has 0 saturated heterocycles. The van der Waals surface area contributed by atoms with Gasteiger partial charge in [-0.15, -0.1) is 0 Å². The van der Waals surface area contributed by atoms with Crippen LogP contribution in [0.4, 0.5) is 0 Å². The van der Waals surface area contributed by atoms with Gasteiger partial charge >= 0.3 is 0 Å². The van der Waals surface area contributed by atoms with Crippen molar-refractivity contribution in [3.05, 3.63) is 65.7 Å². The van der Waals surface area contributed by atoms with Gasteiger partial charge in [0.25, 0.3) is 0 Å². The third-order valence-electron chi connectivity index (χ3n) is 3.33. The van der Waals surface area contributed by atoms with E-state index in [0.717, 1.165) is 5.56 Å². The molecule has 0 aliphatic heterocycles. The molecule has 2 heteroatoms. The van der Waals surface area contributed by atoms with Gasteiger partial charge in [0.05, 0.1) is 0 Å². The van der Waals surface area contributed by atoms with Crippen LogP contribution in [0.5, 0.6) is 5.75 Å². The van der Waals surface area contributed by atoms with Crippen LogP contribution in [0, 0.1) is 5.92 Å². The van der Waals surface area contributed by atoms with Crippen molar-refractivity contribution < 1.29 is 5.11 Å². The molecule has 0 unspecified atom stereocenters. The van der Waals surface area contributed by atoms with Gasteiger partial charge < -0.3 is 10.4 Å². The maximum Gasteiger partial charge on any atom is 0.120 e. The van der Waals surface area contributed by atoms with E-state index in [-0.39, 0.29) is 0 Å². The zero-order chi connectivity index (χ0) is 13.7. The van der Waals surface area contributed by atoms with Crippen molar-refractivity contribution in [3.8, 4) is 5.75 Å². The number of phenolic OH excluding ortho intramolecular Hbond substituents is 1. The average Bonchev–Trinajstić information content (AvgIpc) is 2.42. The normalized spacial score (nSPS) is 12.6. The first-order valence-electron chi connectivity index (χ1n) is 6.73. The Morgan fingerprint density at radius 2 is 1.58 bits per heavy atom. The third kappa shape index (κ3) is 3.58. The van der Waals surface area contributed by atoms with Crippen LogP contribution < -0.4 is 5.32 Å². The molecule has 0 fully saturated rings. The smallest absolute Gasteiger partial charge is 0.120 e. The summed E-state index contributed by atoms with van der Waals surface area (Å²) in [6.07, 6.45) is 0. The van der Waals surface area contributed by atoms with E-state index in [2.05, 4.69) is 43.4 Å². The molecule has 2 rings (SSSR count). The largest absolute Gasteiger partial charge is 0.508 e. The summed E-state index contributed by atoms with van der Waals surface area (Å²) in [5, 5.41) is 13.3. The van der Waals surface area contributed by atoms with Gasteiger partial charge in [-0.1, -0.05) is 62.4 Å². The fourth-order valence-electron chi connectivity index (χ4n) is 2.28. The molecule has 100 valence electrons. The van der Waals surface area contributed by atoms with Gasteiger partial charge in [0.1, 0.15) is 5.75 Å². The Morgan fingerprint density at radius 1 is 0.947 bits per heavy atom. The molecule has 19 heavy (non-hydrogen) atoms. The Kier molecular flexibility index (Phi) is 4.58. The molecule has 0 bridgehead atoms. The van der Waals surface area contributed by atoms with Crippen LogP contribution in [0.2, 0.25) is 0 Å². The number of hydrogen-bond acceptors (Lipinski definition) is 2. The molecule has 2 N–H and O–H groups in total. The second-order valence-electron chi connectivity index (χ2n) is 5.14. The molecule has 0 aliphatic rings. The predicted molar refractivity (Wildman–Crippen MR) is 79.0 cm³/mol. The summed E-state index contributed by atoms with van der Waals surface area (Å²) in [5.74, 6) is 0.846. The second-order valence-corrected chi connectivity index (χ2v) is 5.14. The van der Waals surface area contributed by atoms with Crippen LogP contribution in [0.1, 0.15) is 31.0 Å². The summed E-state index contributed by atoms with van der Waals surface area (Å²) in [7, 11) is 0. The molecule has 0 amide bonds. The summed E-state index contributed by atoms with van der Waals surface area (Å²) in [6, 6.07) is 18.2. The highest BCUT2D eigenvalue weighted by Crippen LogP contribution is 2.23. The van der Waals surface area contributed by atoms with Crippen LogP contribution in [-0.4, -0.2) is 5.11 Å². The van der Waals surface area contributed by atoms with E-state index in [4.69, 9.17) is 0 Å². The van der Waals surface area contributed by atoms with Crippen LogP contribution in [0.25, 0.3) is 0 Å². The molecule has 0 spiro atoms. The Labute approximate surface area is 115 Å². The SMILES string of the molecule is CC(C)[C@@H](NCc1ccccc1O)c1ccccc1. The minimum atomic E-state index is 0.292. The molecular formula is C17H21NO. The predicted octanol–water partition coefficient (Wildman–Crippen LogP) is 3.88. The minimum Gasteiger partial charge on any atom is -0.508 e. The summed E-state index contributed by atoms with van der Waals surface area (Å²) >= 11 is 0. The Bertz CT molecular complexity index is 508. The summed E-state index contributed by atoms with van der Waals surface area (Å²) in [6.45, 7) is 5.08. The highest BCUT2D eigenvalue weighted by Gasteiger charge is 2.15. The molecule has 0 radical (unpaired) electrons. The molecule has 2 nitrogen and oxygen atoms in total. The molecular weight excluding hydrogens is 234 g/mol. The van der Waals surface area contributed by atoms with Crippen molar-refractivity contribution in [3.63, 3.8) is 0 Å². The minimum absolute atomic E-state index is 0.292. The van der Waals surface area contributed by atoms with Crippen LogP contribution in [0.3, 0.4) is 0 Å². The van der Waals surface area contributed by atoms with Crippen LogP contribution >= 0.6 is 0 Å². The fourth-order valence-corrected chi connectivity index (χ4v) is 2.28. The lowest BCUT2D eigenvalue weighted by Crippen LogP contribution is -2.25. The first kappa shape index (κ1) is 13.6. The quantitative estimate of drug-likeness (QED) is 0.849. The first-order chi connectivity index (χ1) is 9.18. The van der Waals surface area contributed by atoms with E-state index < -0.39 is 0 Å². The topological polar surface area (TPSA) is 32.3 Å². The van der Waals surface area contributed by atoms with E-state index in [9.17, 15) is 5.11 Å². The number of benzene rings is 2. The number of aromatic hydroxyl groups is 1. The van der Waals surface area contributed by atoms with E-state index in [1.807, 2.05) is 24.3 Å². The second kappa shape index (κ2) is 6.39. The van der Waals surface area contributed by atoms with Crippen LogP contribution in [0.15, 0.2) is 54.6 Å². The van der Waals surface area contributed by atoms with Crippen LogP contribution in [-0.2, 0) is 6.54 Å². The molecule has 1 atom stereocenters. The van der Waals surface area contributed by atoms with Crippen molar-refractivity contribution in [2.45, 2.75) is 26.4 Å². The third-order valence-corrected chi connectivity index (χ3v) is 3.33. The van der Waals surface area contributed by atoms with Crippen molar-refractivity contribution in [1.82, 2.24) is 5.32 Å². The van der Waals surface area contributed by atoms with Gasteiger partial charge in [0.15, 0.2) is 0 Å². The highest BCUT2D eigenvalue weighted by molar-refractivity contribution is 5.31. The Balaban J connectivity index is 2.09. The van der Waals surface area contributed by atoms with Gasteiger partial charge in [-0.2, -0.15) is 0 Å². The van der Waals surface area contributed by atoms with E-state index in [1.54, 1.807) is 6.07 Å². The van der Waals surface area contributed by atoms with Crippen molar-refractivity contribution in [2.75, 3.05) is 0 Å². The van der Waals surface area contributed by atoms with E-state index in [0.29, 0.717) is 24.3 Å². The maximum absolute atomic E-state index is 9.79. The number of rotatable bonds is 5. The zero-order valence-electron chi connectivity index (χ0n) is 11.5. The fraction of sp³-hybridized carbons (Fsp3) is 0.294. The van der Waals surface area contributed by atoms with Crippen molar-refractivity contribution in [2.24, 2.45) is 5.92 Å². The summed E-state index contributed by atoms with van der Waals surface area (Å²) in [5.41, 5.74) is 2.22. The molecule has 2 aromatic carbocycles. The first-order valence-corrected chi connectivity index (χ1v) is 6.73. The van der Waals surface area contributed by atoms with Gasteiger partial charge in [0.2, 0.25) is 0 Å². The number of hydrogen-bond donors (Lipinski definition) is 2. The average molecular weight is 255 g/mol. The number of para-hydroxylation sites is 1. The molecule has 0 heterocycles. The highest BCUT2D eigenvalue weighted by atomic mass is 16.3. The van der Waals surface area contributed by atoms with Crippen molar-refractivity contribution >= 4 is 0 Å². The molecule has 0 aliphatic carbocycles. The van der Waals surface area contributed by atoms with E-state index in [1.165, 1.54) is 5.56 Å². The Morgan fingerprint density at radius 3 is 2.21 bits per heavy atom. The monoisotopic (exact) mass is 255 g/mol. The molecule has 0 aromatic heterocycles. The van der Waals surface area contributed by atoms with Gasteiger partial charge in [-0.05, 0) is 17.5 Å². The zero-order valence-corrected chi connectivity index (χ0v) is 11.5. The number of phenols is 1. The lowest BCUT2D eigenvalue weighted by atomic mass is 9.96. The maximum atomic E-state index is 9.79. The lowest BCUT2D eigenvalue weighted by Gasteiger charge is -2.23. The van der Waals surface area contributed by atoms with Gasteiger partial charge in [0, 0.05) is 18.2 Å². The van der Waals surface area contributed by atoms with Crippen molar-refractivity contribution in [1.29, 1.82) is 0 Å². The van der Waals surface area contributed by atoms with E-state index >= 15 is 0 Å². The molecule has 2 aromatic rings. The standard InChI is InChI=1S/C17H21NO/c1-13(2)17(14-8-4-3-5-9-14)18-12-15-10-6-7-11-16(15)19/h3-11,13,17-19H,12H2,1-2H3/t17-/m1/s1. The summed E-state index contributed by atoms with van der Waals surface area (Å²) < 4.78 is 0.